The number of amides is 3. The summed E-state index contributed by atoms with van der Waals surface area (Å²) in [6, 6.07) is 22.9. The fourth-order valence-electron chi connectivity index (χ4n) is 8.31. The largest absolute Gasteiger partial charge is 0.394 e. The first-order chi connectivity index (χ1) is 22.0. The lowest BCUT2D eigenvalue weighted by atomic mass is 9.70. The summed E-state index contributed by atoms with van der Waals surface area (Å²) in [5, 5.41) is 21.7. The van der Waals surface area contributed by atoms with Crippen LogP contribution in [0.2, 0.25) is 0 Å². The quantitative estimate of drug-likeness (QED) is 0.386. The van der Waals surface area contributed by atoms with Crippen LogP contribution in [0.1, 0.15) is 55.9 Å². The van der Waals surface area contributed by atoms with Gasteiger partial charge in [-0.15, -0.1) is 0 Å². The number of para-hydroxylation sites is 1. The molecule has 2 saturated heterocycles. The number of aliphatic hydroxyl groups excluding tert-OH is 1. The molecule has 3 aromatic carbocycles. The molecule has 7 rings (SSSR count). The molecule has 4 heterocycles. The van der Waals surface area contributed by atoms with Gasteiger partial charge in [0, 0.05) is 42.6 Å². The Morgan fingerprint density at radius 2 is 1.76 bits per heavy atom. The second-order valence-corrected chi connectivity index (χ2v) is 13.8. The zero-order chi connectivity index (χ0) is 32.4. The van der Waals surface area contributed by atoms with Gasteiger partial charge in [0.1, 0.15) is 0 Å². The lowest BCUT2D eigenvalue weighted by Crippen LogP contribution is -2.48. The molecule has 3 aromatic rings. The average Bonchev–Trinajstić information content (AvgIpc) is 3.46. The molecule has 0 bridgehead atoms. The molecule has 0 aromatic heterocycles. The van der Waals surface area contributed by atoms with Crippen molar-refractivity contribution in [1.82, 2.24) is 4.90 Å². The number of anilines is 2. The van der Waals surface area contributed by atoms with Gasteiger partial charge >= 0.3 is 0 Å². The summed E-state index contributed by atoms with van der Waals surface area (Å²) in [4.78, 5) is 46.0. The predicted octanol–water partition coefficient (Wildman–Crippen LogP) is 3.92. The lowest BCUT2D eigenvalue weighted by molar-refractivity contribution is -0.151. The first kappa shape index (κ1) is 30.6. The molecule has 2 N–H and O–H groups in total. The van der Waals surface area contributed by atoms with Gasteiger partial charge in [-0.3, -0.25) is 14.4 Å². The number of fused-ring (bicyclic) bond motifs is 3. The molecule has 4 aliphatic rings. The van der Waals surface area contributed by atoms with Gasteiger partial charge in [-0.25, -0.2) is 0 Å². The third kappa shape index (κ3) is 4.84. The molecule has 0 aliphatic carbocycles. The highest BCUT2D eigenvalue weighted by Crippen LogP contribution is 2.58. The minimum Gasteiger partial charge on any atom is -0.394 e. The number of ether oxygens (including phenoxy) is 1. The second-order valence-electron chi connectivity index (χ2n) is 13.8. The lowest BCUT2D eigenvalue weighted by Gasteiger charge is -2.38. The average molecular weight is 624 g/mol. The number of carbonyl (C=O) groups excluding carboxylic acids is 3. The number of rotatable bonds is 7. The molecular formula is C37H41N3O6. The summed E-state index contributed by atoms with van der Waals surface area (Å²) >= 11 is 0. The van der Waals surface area contributed by atoms with E-state index in [0.29, 0.717) is 25.9 Å². The molecule has 0 saturated carbocycles. The van der Waals surface area contributed by atoms with Crippen molar-refractivity contribution in [3.05, 3.63) is 95.1 Å². The SMILES string of the molecule is C[C@H]1[C@H](C(C)(C)O)[C@@H](CC(=O)N2Cc3ccccc3C[C@H]2CO)O[C@]12C(=O)N(Cc1cccc(N3CCC3=O)c1)c1ccccc12. The van der Waals surface area contributed by atoms with Crippen molar-refractivity contribution in [3.63, 3.8) is 0 Å². The highest BCUT2D eigenvalue weighted by molar-refractivity contribution is 6.07. The van der Waals surface area contributed by atoms with Gasteiger partial charge in [0.05, 0.1) is 43.0 Å². The number of β-lactam (4-membered cyclic amide) rings is 1. The van der Waals surface area contributed by atoms with Crippen LogP contribution in [0.25, 0.3) is 0 Å². The molecular weight excluding hydrogens is 582 g/mol. The Bertz CT molecular complexity index is 1700. The van der Waals surface area contributed by atoms with E-state index < -0.39 is 29.1 Å². The third-order valence-corrected chi connectivity index (χ3v) is 10.6. The van der Waals surface area contributed by atoms with Crippen LogP contribution in [0, 0.1) is 11.8 Å². The summed E-state index contributed by atoms with van der Waals surface area (Å²) in [6.07, 6.45) is 0.336. The highest BCUT2D eigenvalue weighted by Gasteiger charge is 2.66. The van der Waals surface area contributed by atoms with Gasteiger partial charge in [-0.05, 0) is 55.2 Å². The van der Waals surface area contributed by atoms with Crippen LogP contribution >= 0.6 is 0 Å². The number of nitrogens with zero attached hydrogens (tertiary/aromatic N) is 3. The Kier molecular flexibility index (Phi) is 7.54. The van der Waals surface area contributed by atoms with E-state index in [1.807, 2.05) is 79.7 Å². The fraction of sp³-hybridized carbons (Fsp3) is 0.432. The molecule has 3 amide bonds. The van der Waals surface area contributed by atoms with Crippen LogP contribution in [0.5, 0.6) is 0 Å². The van der Waals surface area contributed by atoms with E-state index in [2.05, 4.69) is 0 Å². The molecule has 4 aliphatic heterocycles. The van der Waals surface area contributed by atoms with Crippen LogP contribution in [-0.2, 0) is 44.2 Å². The van der Waals surface area contributed by atoms with Crippen molar-refractivity contribution in [3.8, 4) is 0 Å². The Hall–Kier alpha value is -4.05. The minimum atomic E-state index is -1.39. The van der Waals surface area contributed by atoms with Gasteiger partial charge in [0.15, 0.2) is 5.60 Å². The summed E-state index contributed by atoms with van der Waals surface area (Å²) in [6.45, 7) is 6.57. The molecule has 0 unspecified atom stereocenters. The molecule has 9 nitrogen and oxygen atoms in total. The van der Waals surface area contributed by atoms with Gasteiger partial charge in [-0.2, -0.15) is 0 Å². The van der Waals surface area contributed by atoms with Crippen molar-refractivity contribution in [2.24, 2.45) is 11.8 Å². The zero-order valence-electron chi connectivity index (χ0n) is 26.6. The molecule has 5 atom stereocenters. The summed E-state index contributed by atoms with van der Waals surface area (Å²) < 4.78 is 6.86. The summed E-state index contributed by atoms with van der Waals surface area (Å²) in [7, 11) is 0. The monoisotopic (exact) mass is 623 g/mol. The summed E-state index contributed by atoms with van der Waals surface area (Å²) in [5.74, 6) is -1.30. The van der Waals surface area contributed by atoms with Crippen LogP contribution in [-0.4, -0.2) is 63.7 Å². The Labute approximate surface area is 269 Å². The highest BCUT2D eigenvalue weighted by atomic mass is 16.5. The molecule has 0 radical (unpaired) electrons. The van der Waals surface area contributed by atoms with Crippen molar-refractivity contribution in [2.75, 3.05) is 23.0 Å². The van der Waals surface area contributed by atoms with E-state index >= 15 is 0 Å². The van der Waals surface area contributed by atoms with E-state index in [-0.39, 0.29) is 43.3 Å². The van der Waals surface area contributed by atoms with Crippen LogP contribution < -0.4 is 9.80 Å². The van der Waals surface area contributed by atoms with Gasteiger partial charge < -0.3 is 29.6 Å². The smallest absolute Gasteiger partial charge is 0.264 e. The number of hydrogen-bond acceptors (Lipinski definition) is 6. The van der Waals surface area contributed by atoms with Crippen molar-refractivity contribution in [1.29, 1.82) is 0 Å². The molecule has 240 valence electrons. The normalized spacial score (nSPS) is 27.2. The van der Waals surface area contributed by atoms with E-state index in [9.17, 15) is 24.6 Å². The van der Waals surface area contributed by atoms with E-state index in [1.165, 1.54) is 0 Å². The topological polar surface area (TPSA) is 111 Å². The number of hydrogen-bond donors (Lipinski definition) is 2. The van der Waals surface area contributed by atoms with Gasteiger partial charge in [0.2, 0.25) is 11.8 Å². The zero-order valence-corrected chi connectivity index (χ0v) is 26.6. The van der Waals surface area contributed by atoms with E-state index in [0.717, 1.165) is 33.6 Å². The molecule has 9 heteroatoms. The molecule has 2 fully saturated rings. The fourth-order valence-corrected chi connectivity index (χ4v) is 8.31. The predicted molar refractivity (Wildman–Crippen MR) is 173 cm³/mol. The van der Waals surface area contributed by atoms with E-state index in [4.69, 9.17) is 4.74 Å². The van der Waals surface area contributed by atoms with Gasteiger partial charge in [-0.1, -0.05) is 61.5 Å². The Morgan fingerprint density at radius 3 is 2.46 bits per heavy atom. The number of aliphatic hydroxyl groups is 2. The number of carbonyl (C=O) groups is 3. The minimum absolute atomic E-state index is 0.0270. The van der Waals surface area contributed by atoms with Crippen LogP contribution in [0.3, 0.4) is 0 Å². The van der Waals surface area contributed by atoms with E-state index in [1.54, 1.807) is 28.5 Å². The van der Waals surface area contributed by atoms with Crippen LogP contribution in [0.15, 0.2) is 72.8 Å². The standard InChI is InChI=1S/C37H41N3O6/c1-23-34(36(2,3)45)31(19-33(43)39-21-26-11-5-4-10-25(26)18-28(39)22-41)46-37(23)29-13-6-7-14-30(29)40(35(37)44)20-24-9-8-12-27(17-24)38-16-15-32(38)42/h4-14,17,23,28,31,34,41,45H,15-16,18-22H2,1-3H3/t23-,28-,31+,34-,37+/m0/s1. The first-order valence-corrected chi connectivity index (χ1v) is 16.2. The van der Waals surface area contributed by atoms with Crippen LogP contribution in [0.4, 0.5) is 11.4 Å². The summed E-state index contributed by atoms with van der Waals surface area (Å²) in [5.41, 5.74) is 2.70. The molecule has 46 heavy (non-hydrogen) atoms. The second kappa shape index (κ2) is 11.3. The Balaban J connectivity index is 1.20. The van der Waals surface area contributed by atoms with Gasteiger partial charge in [0.25, 0.3) is 5.91 Å². The maximum absolute atomic E-state index is 14.7. The third-order valence-electron chi connectivity index (χ3n) is 10.6. The maximum atomic E-state index is 14.7. The van der Waals surface area contributed by atoms with Crippen molar-refractivity contribution < 1.29 is 29.3 Å². The first-order valence-electron chi connectivity index (χ1n) is 16.2. The van der Waals surface area contributed by atoms with Crippen molar-refractivity contribution in [2.45, 2.75) is 76.5 Å². The molecule has 1 spiro atoms. The number of benzene rings is 3. The maximum Gasteiger partial charge on any atom is 0.264 e. The van der Waals surface area contributed by atoms with Crippen molar-refractivity contribution >= 4 is 29.1 Å². The Morgan fingerprint density at radius 1 is 1.02 bits per heavy atom.